The number of nitrogens with one attached hydrogen (secondary N) is 1. The number of hydrogen-bond acceptors (Lipinski definition) is 3. The van der Waals surface area contributed by atoms with E-state index in [2.05, 4.69) is 29.1 Å². The summed E-state index contributed by atoms with van der Waals surface area (Å²) < 4.78 is 0. The van der Waals surface area contributed by atoms with E-state index in [9.17, 15) is 0 Å². The Morgan fingerprint density at radius 1 is 1.24 bits per heavy atom. The zero-order chi connectivity index (χ0) is 12.1. The molecule has 0 aromatic rings. The number of nitrogens with zero attached hydrogens (tertiary/aromatic N) is 2. The van der Waals surface area contributed by atoms with Crippen LogP contribution in [0.15, 0.2) is 0 Å². The van der Waals surface area contributed by atoms with E-state index in [1.807, 2.05) is 0 Å². The molecular weight excluding hydrogens is 210 g/mol. The van der Waals surface area contributed by atoms with Crippen molar-refractivity contribution in [3.05, 3.63) is 0 Å². The van der Waals surface area contributed by atoms with Crippen molar-refractivity contribution in [1.29, 1.82) is 0 Å². The lowest BCUT2D eigenvalue weighted by Crippen LogP contribution is -2.45. The first-order chi connectivity index (χ1) is 8.25. The van der Waals surface area contributed by atoms with Crippen LogP contribution in [0, 0.1) is 11.8 Å². The molecule has 0 aromatic heterocycles. The number of rotatable bonds is 4. The minimum absolute atomic E-state index is 0.891. The normalized spacial score (nSPS) is 30.4. The maximum atomic E-state index is 3.54. The molecule has 2 heterocycles. The van der Waals surface area contributed by atoms with Crippen molar-refractivity contribution in [3.8, 4) is 0 Å². The molecule has 2 fully saturated rings. The lowest BCUT2D eigenvalue weighted by molar-refractivity contribution is 0.139. The zero-order valence-electron chi connectivity index (χ0n) is 11.6. The van der Waals surface area contributed by atoms with Crippen molar-refractivity contribution in [2.45, 2.75) is 26.2 Å². The van der Waals surface area contributed by atoms with E-state index in [0.29, 0.717) is 0 Å². The molecule has 0 radical (unpaired) electrons. The second-order valence-electron chi connectivity index (χ2n) is 6.02. The predicted octanol–water partition coefficient (Wildman–Crippen LogP) is 1.26. The highest BCUT2D eigenvalue weighted by Gasteiger charge is 2.21. The van der Waals surface area contributed by atoms with Crippen molar-refractivity contribution >= 4 is 0 Å². The number of likely N-dealkylation sites (N-methyl/N-ethyl adjacent to an activating group) is 1. The van der Waals surface area contributed by atoms with E-state index in [4.69, 9.17) is 0 Å². The van der Waals surface area contributed by atoms with Gasteiger partial charge in [-0.3, -0.25) is 0 Å². The van der Waals surface area contributed by atoms with Gasteiger partial charge in [0.15, 0.2) is 0 Å². The Bertz CT molecular complexity index is 206. The fourth-order valence-electron chi connectivity index (χ4n) is 3.06. The number of piperazine rings is 1. The second kappa shape index (κ2) is 6.72. The summed E-state index contributed by atoms with van der Waals surface area (Å²) in [5.41, 5.74) is 0. The van der Waals surface area contributed by atoms with Gasteiger partial charge in [-0.25, -0.2) is 0 Å². The smallest absolute Gasteiger partial charge is 0.0110 e. The fourth-order valence-corrected chi connectivity index (χ4v) is 3.06. The van der Waals surface area contributed by atoms with Crippen LogP contribution in [0.2, 0.25) is 0 Å². The molecule has 2 atom stereocenters. The van der Waals surface area contributed by atoms with Gasteiger partial charge in [-0.2, -0.15) is 0 Å². The van der Waals surface area contributed by atoms with Crippen molar-refractivity contribution in [1.82, 2.24) is 15.1 Å². The van der Waals surface area contributed by atoms with Crippen LogP contribution < -0.4 is 5.32 Å². The monoisotopic (exact) mass is 239 g/mol. The standard InChI is InChI=1S/C14H29N3/c1-13(14-4-3-6-15-12-14)5-7-17-10-8-16(2)9-11-17/h13-15H,3-12H2,1-2H3. The van der Waals surface area contributed by atoms with Gasteiger partial charge in [0.2, 0.25) is 0 Å². The van der Waals surface area contributed by atoms with Gasteiger partial charge in [0, 0.05) is 26.2 Å². The topological polar surface area (TPSA) is 18.5 Å². The quantitative estimate of drug-likeness (QED) is 0.797. The molecule has 2 aliphatic rings. The SMILES string of the molecule is CC(CCN1CCN(C)CC1)C1CCCNC1. The lowest BCUT2D eigenvalue weighted by atomic mass is 9.85. The summed E-state index contributed by atoms with van der Waals surface area (Å²) in [4.78, 5) is 5.08. The molecular formula is C14H29N3. The van der Waals surface area contributed by atoms with E-state index >= 15 is 0 Å². The van der Waals surface area contributed by atoms with Crippen molar-refractivity contribution in [2.75, 3.05) is 52.9 Å². The molecule has 2 aliphatic heterocycles. The molecule has 2 rings (SSSR count). The van der Waals surface area contributed by atoms with Crippen molar-refractivity contribution in [2.24, 2.45) is 11.8 Å². The Morgan fingerprint density at radius 2 is 2.00 bits per heavy atom. The molecule has 0 saturated carbocycles. The number of piperidine rings is 1. The molecule has 0 bridgehead atoms. The van der Waals surface area contributed by atoms with Gasteiger partial charge in [0.25, 0.3) is 0 Å². The van der Waals surface area contributed by atoms with Crippen LogP contribution in [0.1, 0.15) is 26.2 Å². The Morgan fingerprint density at radius 3 is 2.65 bits per heavy atom. The molecule has 0 spiro atoms. The third kappa shape index (κ3) is 4.23. The highest BCUT2D eigenvalue weighted by molar-refractivity contribution is 4.76. The van der Waals surface area contributed by atoms with Gasteiger partial charge in [0.05, 0.1) is 0 Å². The van der Waals surface area contributed by atoms with Crippen LogP contribution in [-0.4, -0.2) is 62.7 Å². The Kier molecular flexibility index (Phi) is 5.26. The summed E-state index contributed by atoms with van der Waals surface area (Å²) in [7, 11) is 2.23. The van der Waals surface area contributed by atoms with Gasteiger partial charge in [-0.15, -0.1) is 0 Å². The second-order valence-corrected chi connectivity index (χ2v) is 6.02. The molecule has 100 valence electrons. The minimum atomic E-state index is 0.891. The molecule has 2 saturated heterocycles. The molecule has 17 heavy (non-hydrogen) atoms. The van der Waals surface area contributed by atoms with Crippen LogP contribution in [-0.2, 0) is 0 Å². The molecule has 0 aliphatic carbocycles. The molecule has 0 aromatic carbocycles. The van der Waals surface area contributed by atoms with Crippen LogP contribution >= 0.6 is 0 Å². The highest BCUT2D eigenvalue weighted by Crippen LogP contribution is 2.22. The van der Waals surface area contributed by atoms with E-state index < -0.39 is 0 Å². The van der Waals surface area contributed by atoms with Crippen LogP contribution in [0.25, 0.3) is 0 Å². The summed E-state index contributed by atoms with van der Waals surface area (Å²) in [5.74, 6) is 1.82. The summed E-state index contributed by atoms with van der Waals surface area (Å²) in [5, 5.41) is 3.54. The summed E-state index contributed by atoms with van der Waals surface area (Å²) in [6.45, 7) is 11.3. The van der Waals surface area contributed by atoms with Gasteiger partial charge in [-0.05, 0) is 57.8 Å². The highest BCUT2D eigenvalue weighted by atomic mass is 15.2. The van der Waals surface area contributed by atoms with Gasteiger partial charge in [0.1, 0.15) is 0 Å². The maximum Gasteiger partial charge on any atom is 0.0110 e. The van der Waals surface area contributed by atoms with E-state index in [1.54, 1.807) is 0 Å². The lowest BCUT2D eigenvalue weighted by Gasteiger charge is -2.34. The van der Waals surface area contributed by atoms with Gasteiger partial charge in [-0.1, -0.05) is 6.92 Å². The molecule has 3 heteroatoms. The predicted molar refractivity (Wildman–Crippen MR) is 73.3 cm³/mol. The first kappa shape index (κ1) is 13.3. The van der Waals surface area contributed by atoms with Crippen LogP contribution in [0.5, 0.6) is 0 Å². The molecule has 2 unspecified atom stereocenters. The van der Waals surface area contributed by atoms with E-state index in [-0.39, 0.29) is 0 Å². The van der Waals surface area contributed by atoms with Crippen LogP contribution in [0.3, 0.4) is 0 Å². The van der Waals surface area contributed by atoms with Gasteiger partial charge < -0.3 is 15.1 Å². The van der Waals surface area contributed by atoms with Crippen molar-refractivity contribution < 1.29 is 0 Å². The number of hydrogen-bond donors (Lipinski definition) is 1. The van der Waals surface area contributed by atoms with Crippen molar-refractivity contribution in [3.63, 3.8) is 0 Å². The summed E-state index contributed by atoms with van der Waals surface area (Å²) >= 11 is 0. The maximum absolute atomic E-state index is 3.54. The van der Waals surface area contributed by atoms with Crippen LogP contribution in [0.4, 0.5) is 0 Å². The average molecular weight is 239 g/mol. The van der Waals surface area contributed by atoms with Gasteiger partial charge >= 0.3 is 0 Å². The average Bonchev–Trinajstić information content (AvgIpc) is 2.39. The molecule has 0 amide bonds. The molecule has 1 N–H and O–H groups in total. The Hall–Kier alpha value is -0.120. The third-order valence-electron chi connectivity index (χ3n) is 4.64. The molecule has 3 nitrogen and oxygen atoms in total. The first-order valence-electron chi connectivity index (χ1n) is 7.37. The third-order valence-corrected chi connectivity index (χ3v) is 4.64. The summed E-state index contributed by atoms with van der Waals surface area (Å²) in [6.07, 6.45) is 4.20. The summed E-state index contributed by atoms with van der Waals surface area (Å²) in [6, 6.07) is 0. The largest absolute Gasteiger partial charge is 0.316 e. The minimum Gasteiger partial charge on any atom is -0.316 e. The zero-order valence-corrected chi connectivity index (χ0v) is 11.6. The van der Waals surface area contributed by atoms with E-state index in [1.165, 1.54) is 65.1 Å². The van der Waals surface area contributed by atoms with E-state index in [0.717, 1.165) is 11.8 Å². The first-order valence-corrected chi connectivity index (χ1v) is 7.37. The fraction of sp³-hybridized carbons (Fsp3) is 1.00. The Balaban J connectivity index is 1.63. The Labute approximate surface area is 107 Å².